The van der Waals surface area contributed by atoms with Crippen LogP contribution >= 0.6 is 12.2 Å². The number of pyridine rings is 1. The van der Waals surface area contributed by atoms with Crippen molar-refractivity contribution in [2.45, 2.75) is 32.7 Å². The number of sulfone groups is 1. The minimum atomic E-state index is -2.96. The molecule has 1 fully saturated rings. The number of nitrogens with two attached hydrogens (primary N) is 1. The lowest BCUT2D eigenvalue weighted by atomic mass is 10.1. The molecule has 1 atom stereocenters. The zero-order chi connectivity index (χ0) is 14.9. The Morgan fingerprint density at radius 3 is 2.80 bits per heavy atom. The molecule has 1 aliphatic rings. The number of aryl methyl sites for hydroxylation is 2. The van der Waals surface area contributed by atoms with Crippen LogP contribution in [0.4, 0.5) is 5.82 Å². The lowest BCUT2D eigenvalue weighted by Crippen LogP contribution is -2.35. The Labute approximate surface area is 124 Å². The number of thiocarbonyl (C=S) groups is 1. The van der Waals surface area contributed by atoms with E-state index in [1.807, 2.05) is 19.9 Å². The second-order valence-corrected chi connectivity index (χ2v) is 7.93. The van der Waals surface area contributed by atoms with Gasteiger partial charge in [-0.05, 0) is 38.3 Å². The van der Waals surface area contributed by atoms with Gasteiger partial charge in [-0.2, -0.15) is 0 Å². The van der Waals surface area contributed by atoms with Gasteiger partial charge in [0.25, 0.3) is 0 Å². The molecule has 0 amide bonds. The highest BCUT2D eigenvalue weighted by molar-refractivity contribution is 7.91. The quantitative estimate of drug-likeness (QED) is 0.819. The Morgan fingerprint density at radius 2 is 2.20 bits per heavy atom. The fraction of sp³-hybridized carbons (Fsp3) is 0.538. The Bertz CT molecular complexity index is 641. The average molecular weight is 313 g/mol. The molecule has 0 radical (unpaired) electrons. The van der Waals surface area contributed by atoms with Crippen molar-refractivity contribution in [1.29, 1.82) is 0 Å². The fourth-order valence-corrected chi connectivity index (χ4v) is 4.48. The summed E-state index contributed by atoms with van der Waals surface area (Å²) in [5, 5.41) is 3.21. The van der Waals surface area contributed by atoms with Gasteiger partial charge in [-0.3, -0.25) is 0 Å². The smallest absolute Gasteiger partial charge is 0.152 e. The van der Waals surface area contributed by atoms with Crippen molar-refractivity contribution < 1.29 is 8.42 Å². The highest BCUT2D eigenvalue weighted by Crippen LogP contribution is 2.22. The maximum Gasteiger partial charge on any atom is 0.152 e. The normalized spacial score (nSPS) is 21.4. The molecule has 110 valence electrons. The van der Waals surface area contributed by atoms with E-state index < -0.39 is 9.84 Å². The SMILES string of the molecule is Cc1cc(C)c(C(N)=S)c(NC2CCCS(=O)(=O)C2)n1. The van der Waals surface area contributed by atoms with Crippen molar-refractivity contribution >= 4 is 32.9 Å². The van der Waals surface area contributed by atoms with E-state index >= 15 is 0 Å². The second-order valence-electron chi connectivity index (χ2n) is 5.27. The maximum absolute atomic E-state index is 11.7. The van der Waals surface area contributed by atoms with Gasteiger partial charge in [0.1, 0.15) is 10.8 Å². The summed E-state index contributed by atoms with van der Waals surface area (Å²) in [6.07, 6.45) is 1.48. The molecule has 20 heavy (non-hydrogen) atoms. The number of aromatic nitrogens is 1. The number of hydrogen-bond donors (Lipinski definition) is 2. The molecule has 0 bridgehead atoms. The summed E-state index contributed by atoms with van der Waals surface area (Å²) in [4.78, 5) is 4.70. The van der Waals surface area contributed by atoms with Gasteiger partial charge in [0.05, 0.1) is 17.1 Å². The van der Waals surface area contributed by atoms with Crippen molar-refractivity contribution in [3.05, 3.63) is 22.9 Å². The van der Waals surface area contributed by atoms with Crippen molar-refractivity contribution in [3.8, 4) is 0 Å². The molecular weight excluding hydrogens is 294 g/mol. The Morgan fingerprint density at radius 1 is 1.50 bits per heavy atom. The van der Waals surface area contributed by atoms with Crippen LogP contribution in [0.1, 0.15) is 29.7 Å². The van der Waals surface area contributed by atoms with E-state index in [-0.39, 0.29) is 22.5 Å². The first kappa shape index (κ1) is 15.2. The largest absolute Gasteiger partial charge is 0.389 e. The van der Waals surface area contributed by atoms with Crippen LogP contribution in [0.25, 0.3) is 0 Å². The first-order valence-electron chi connectivity index (χ1n) is 6.53. The van der Waals surface area contributed by atoms with Crippen molar-refractivity contribution in [1.82, 2.24) is 4.98 Å². The van der Waals surface area contributed by atoms with E-state index in [0.717, 1.165) is 17.7 Å². The average Bonchev–Trinajstić information content (AvgIpc) is 2.25. The van der Waals surface area contributed by atoms with E-state index in [2.05, 4.69) is 10.3 Å². The van der Waals surface area contributed by atoms with E-state index in [1.165, 1.54) is 0 Å². The van der Waals surface area contributed by atoms with Gasteiger partial charge < -0.3 is 11.1 Å². The molecule has 0 saturated carbocycles. The van der Waals surface area contributed by atoms with Crippen LogP contribution < -0.4 is 11.1 Å². The predicted octanol–water partition coefficient (Wildman–Crippen LogP) is 1.32. The molecule has 1 aromatic rings. The minimum Gasteiger partial charge on any atom is -0.389 e. The van der Waals surface area contributed by atoms with Crippen molar-refractivity contribution in [2.75, 3.05) is 16.8 Å². The van der Waals surface area contributed by atoms with Crippen LogP contribution in [0.5, 0.6) is 0 Å². The lowest BCUT2D eigenvalue weighted by Gasteiger charge is -2.25. The number of hydrogen-bond acceptors (Lipinski definition) is 5. The molecule has 0 aliphatic carbocycles. The highest BCUT2D eigenvalue weighted by Gasteiger charge is 2.26. The maximum atomic E-state index is 11.7. The van der Waals surface area contributed by atoms with Crippen LogP contribution in [0.3, 0.4) is 0 Å². The summed E-state index contributed by atoms with van der Waals surface area (Å²) >= 11 is 5.07. The van der Waals surface area contributed by atoms with Crippen LogP contribution in [0.15, 0.2) is 6.07 Å². The topological polar surface area (TPSA) is 85.1 Å². The molecule has 1 saturated heterocycles. The van der Waals surface area contributed by atoms with Crippen LogP contribution in [0.2, 0.25) is 0 Å². The summed E-state index contributed by atoms with van der Waals surface area (Å²) in [6, 6.07) is 1.78. The van der Waals surface area contributed by atoms with E-state index in [1.54, 1.807) is 0 Å². The Hall–Kier alpha value is -1.21. The molecule has 1 aromatic heterocycles. The van der Waals surface area contributed by atoms with Gasteiger partial charge in [-0.15, -0.1) is 0 Å². The molecule has 3 N–H and O–H groups in total. The Kier molecular flexibility index (Phi) is 4.29. The predicted molar refractivity (Wildman–Crippen MR) is 84.9 cm³/mol. The fourth-order valence-electron chi connectivity index (χ4n) is 2.58. The lowest BCUT2D eigenvalue weighted by molar-refractivity contribution is 0.561. The monoisotopic (exact) mass is 313 g/mol. The number of rotatable bonds is 3. The molecule has 2 rings (SSSR count). The zero-order valence-corrected chi connectivity index (χ0v) is 13.3. The number of nitrogens with zero attached hydrogens (tertiary/aromatic N) is 1. The third kappa shape index (κ3) is 3.46. The van der Waals surface area contributed by atoms with Crippen LogP contribution in [0, 0.1) is 13.8 Å². The second kappa shape index (κ2) is 5.65. The van der Waals surface area contributed by atoms with Gasteiger partial charge in [-0.25, -0.2) is 13.4 Å². The molecule has 0 spiro atoms. The summed E-state index contributed by atoms with van der Waals surface area (Å²) in [7, 11) is -2.96. The molecule has 5 nitrogen and oxygen atoms in total. The first-order chi connectivity index (χ1) is 9.28. The van der Waals surface area contributed by atoms with Crippen molar-refractivity contribution in [3.63, 3.8) is 0 Å². The molecule has 1 aliphatic heterocycles. The summed E-state index contributed by atoms with van der Waals surface area (Å²) in [6.45, 7) is 3.81. The van der Waals surface area contributed by atoms with Crippen LogP contribution in [-0.4, -0.2) is 35.9 Å². The molecule has 0 aromatic carbocycles. The minimum absolute atomic E-state index is 0.129. The highest BCUT2D eigenvalue weighted by atomic mass is 32.2. The number of anilines is 1. The first-order valence-corrected chi connectivity index (χ1v) is 8.76. The van der Waals surface area contributed by atoms with E-state index in [9.17, 15) is 8.42 Å². The summed E-state index contributed by atoms with van der Waals surface area (Å²) < 4.78 is 23.4. The van der Waals surface area contributed by atoms with E-state index in [0.29, 0.717) is 17.8 Å². The summed E-state index contributed by atoms with van der Waals surface area (Å²) in [5.41, 5.74) is 8.26. The van der Waals surface area contributed by atoms with Crippen molar-refractivity contribution in [2.24, 2.45) is 5.73 Å². The third-order valence-electron chi connectivity index (χ3n) is 3.39. The van der Waals surface area contributed by atoms with Gasteiger partial charge in [-0.1, -0.05) is 12.2 Å². The third-order valence-corrected chi connectivity index (χ3v) is 5.42. The zero-order valence-electron chi connectivity index (χ0n) is 11.6. The standard InChI is InChI=1S/C13H19N3O2S2/c1-8-6-9(2)15-13(11(8)12(14)19)16-10-4-3-5-20(17,18)7-10/h6,10H,3-5,7H2,1-2H3,(H2,14,19)(H,15,16). The van der Waals surface area contributed by atoms with Gasteiger partial charge in [0.2, 0.25) is 0 Å². The summed E-state index contributed by atoms with van der Waals surface area (Å²) in [5.74, 6) is 1.00. The van der Waals surface area contributed by atoms with Gasteiger partial charge in [0.15, 0.2) is 9.84 Å². The van der Waals surface area contributed by atoms with E-state index in [4.69, 9.17) is 18.0 Å². The molecule has 2 heterocycles. The molecular formula is C13H19N3O2S2. The number of nitrogens with one attached hydrogen (secondary N) is 1. The van der Waals surface area contributed by atoms with Gasteiger partial charge >= 0.3 is 0 Å². The van der Waals surface area contributed by atoms with Crippen LogP contribution in [-0.2, 0) is 9.84 Å². The molecule has 1 unspecified atom stereocenters. The molecule has 7 heteroatoms. The van der Waals surface area contributed by atoms with Gasteiger partial charge in [0, 0.05) is 11.7 Å². The Balaban J connectivity index is 2.31.